The molecular formula is C13H16N4O. The van der Waals surface area contributed by atoms with Gasteiger partial charge in [-0.25, -0.2) is 4.68 Å². The lowest BCUT2D eigenvalue weighted by Crippen LogP contribution is -2.32. The summed E-state index contributed by atoms with van der Waals surface area (Å²) in [6.45, 7) is 0.603. The fraction of sp³-hybridized carbons (Fsp3) is 0.462. The van der Waals surface area contributed by atoms with Gasteiger partial charge in [0.25, 0.3) is 5.56 Å². The molecule has 0 bridgehead atoms. The summed E-state index contributed by atoms with van der Waals surface area (Å²) in [4.78, 5) is 12.4. The van der Waals surface area contributed by atoms with Crippen LogP contribution < -0.4 is 11.3 Å². The molecule has 0 spiro atoms. The first-order valence-electron chi connectivity index (χ1n) is 6.35. The minimum Gasteiger partial charge on any atom is -0.330 e. The van der Waals surface area contributed by atoms with Crippen LogP contribution in [0.2, 0.25) is 0 Å². The van der Waals surface area contributed by atoms with Crippen molar-refractivity contribution in [2.45, 2.75) is 25.3 Å². The Balaban J connectivity index is 2.13. The minimum atomic E-state index is -0.0500. The Labute approximate surface area is 105 Å². The van der Waals surface area contributed by atoms with E-state index < -0.39 is 0 Å². The second-order valence-electron chi connectivity index (χ2n) is 4.85. The summed E-state index contributed by atoms with van der Waals surface area (Å²) in [5, 5.41) is 8.85. The molecule has 3 rings (SSSR count). The lowest BCUT2D eigenvalue weighted by atomic mass is 10.0. The molecule has 5 nitrogen and oxygen atoms in total. The van der Waals surface area contributed by atoms with Crippen LogP contribution in [0.15, 0.2) is 29.1 Å². The first kappa shape index (κ1) is 11.3. The maximum absolute atomic E-state index is 12.4. The molecule has 1 aliphatic carbocycles. The average molecular weight is 244 g/mol. The largest absolute Gasteiger partial charge is 0.330 e. The number of hydrogen-bond acceptors (Lipinski definition) is 4. The zero-order valence-corrected chi connectivity index (χ0v) is 10.1. The molecule has 1 aromatic carbocycles. The third-order valence-electron chi connectivity index (χ3n) is 3.83. The number of benzene rings is 1. The Morgan fingerprint density at radius 3 is 3.00 bits per heavy atom. The van der Waals surface area contributed by atoms with Gasteiger partial charge in [0.05, 0.1) is 11.4 Å². The zero-order valence-electron chi connectivity index (χ0n) is 10.1. The van der Waals surface area contributed by atoms with Crippen molar-refractivity contribution < 1.29 is 0 Å². The second-order valence-corrected chi connectivity index (χ2v) is 4.85. The van der Waals surface area contributed by atoms with E-state index in [1.165, 1.54) is 4.68 Å². The summed E-state index contributed by atoms with van der Waals surface area (Å²) in [5.41, 5.74) is 6.36. The standard InChI is InChI=1S/C13H16N4O/c14-8-9-4-3-7-12(9)17-13(18)10-5-1-2-6-11(10)15-16-17/h1-2,5-6,9,12H,3-4,7-8,14H2. The monoisotopic (exact) mass is 244 g/mol. The molecule has 1 heterocycles. The molecule has 0 radical (unpaired) electrons. The highest BCUT2D eigenvalue weighted by molar-refractivity contribution is 5.76. The molecule has 1 aromatic heterocycles. The second kappa shape index (κ2) is 4.49. The molecule has 18 heavy (non-hydrogen) atoms. The van der Waals surface area contributed by atoms with Gasteiger partial charge in [0, 0.05) is 0 Å². The van der Waals surface area contributed by atoms with Crippen LogP contribution in [0.5, 0.6) is 0 Å². The van der Waals surface area contributed by atoms with Crippen molar-refractivity contribution in [2.75, 3.05) is 6.54 Å². The van der Waals surface area contributed by atoms with Gasteiger partial charge < -0.3 is 5.73 Å². The maximum atomic E-state index is 12.4. The zero-order chi connectivity index (χ0) is 12.5. The Hall–Kier alpha value is -1.75. The highest BCUT2D eigenvalue weighted by Crippen LogP contribution is 2.33. The van der Waals surface area contributed by atoms with Crippen molar-refractivity contribution in [3.8, 4) is 0 Å². The Kier molecular flexibility index (Phi) is 2.83. The number of hydrogen-bond donors (Lipinski definition) is 1. The molecule has 1 aliphatic rings. The van der Waals surface area contributed by atoms with Gasteiger partial charge in [0.1, 0.15) is 5.52 Å². The van der Waals surface area contributed by atoms with Crippen LogP contribution in [0.3, 0.4) is 0 Å². The van der Waals surface area contributed by atoms with Crippen molar-refractivity contribution >= 4 is 10.9 Å². The molecule has 1 saturated carbocycles. The van der Waals surface area contributed by atoms with Gasteiger partial charge in [-0.05, 0) is 37.4 Å². The Morgan fingerprint density at radius 1 is 1.33 bits per heavy atom. The molecule has 2 aromatic rings. The van der Waals surface area contributed by atoms with Crippen molar-refractivity contribution in [3.63, 3.8) is 0 Å². The fourth-order valence-electron chi connectivity index (χ4n) is 2.83. The molecule has 0 aliphatic heterocycles. The van der Waals surface area contributed by atoms with E-state index >= 15 is 0 Å². The van der Waals surface area contributed by atoms with Gasteiger partial charge in [0.2, 0.25) is 0 Å². The van der Waals surface area contributed by atoms with Gasteiger partial charge in [-0.1, -0.05) is 23.8 Å². The van der Waals surface area contributed by atoms with E-state index in [0.29, 0.717) is 23.4 Å². The summed E-state index contributed by atoms with van der Waals surface area (Å²) in [6, 6.07) is 7.43. The van der Waals surface area contributed by atoms with Crippen LogP contribution in [0, 0.1) is 5.92 Å². The minimum absolute atomic E-state index is 0.0500. The summed E-state index contributed by atoms with van der Waals surface area (Å²) in [7, 11) is 0. The highest BCUT2D eigenvalue weighted by Gasteiger charge is 2.29. The van der Waals surface area contributed by atoms with Crippen LogP contribution in [-0.4, -0.2) is 21.5 Å². The number of nitrogens with two attached hydrogens (primary N) is 1. The van der Waals surface area contributed by atoms with E-state index in [1.54, 1.807) is 6.07 Å². The van der Waals surface area contributed by atoms with Crippen LogP contribution >= 0.6 is 0 Å². The van der Waals surface area contributed by atoms with Gasteiger partial charge in [-0.3, -0.25) is 4.79 Å². The van der Waals surface area contributed by atoms with E-state index in [1.807, 2.05) is 18.2 Å². The predicted molar refractivity (Wildman–Crippen MR) is 69.2 cm³/mol. The molecule has 2 unspecified atom stereocenters. The molecule has 0 saturated heterocycles. The Morgan fingerprint density at radius 2 is 2.17 bits per heavy atom. The molecule has 5 heteroatoms. The third-order valence-corrected chi connectivity index (χ3v) is 3.83. The lowest BCUT2D eigenvalue weighted by molar-refractivity contribution is 0.336. The average Bonchev–Trinajstić information content (AvgIpc) is 2.88. The maximum Gasteiger partial charge on any atom is 0.277 e. The van der Waals surface area contributed by atoms with E-state index in [-0.39, 0.29) is 11.6 Å². The van der Waals surface area contributed by atoms with Crippen molar-refractivity contribution in [2.24, 2.45) is 11.7 Å². The summed E-state index contributed by atoms with van der Waals surface area (Å²) in [6.07, 6.45) is 3.14. The van der Waals surface area contributed by atoms with Crippen LogP contribution in [-0.2, 0) is 0 Å². The Bertz CT molecular complexity index is 622. The molecule has 2 atom stereocenters. The van der Waals surface area contributed by atoms with E-state index in [4.69, 9.17) is 5.73 Å². The molecule has 1 fully saturated rings. The summed E-state index contributed by atoms with van der Waals surface area (Å²) >= 11 is 0. The predicted octanol–water partition coefficient (Wildman–Crippen LogP) is 1.09. The van der Waals surface area contributed by atoms with Gasteiger partial charge in [0.15, 0.2) is 0 Å². The van der Waals surface area contributed by atoms with E-state index in [2.05, 4.69) is 10.3 Å². The molecule has 94 valence electrons. The van der Waals surface area contributed by atoms with Crippen LogP contribution in [0.25, 0.3) is 10.9 Å². The molecule has 0 amide bonds. The van der Waals surface area contributed by atoms with Crippen LogP contribution in [0.4, 0.5) is 0 Å². The van der Waals surface area contributed by atoms with Gasteiger partial charge in [-0.15, -0.1) is 5.10 Å². The SMILES string of the molecule is NCC1CCCC1n1nnc2ccccc2c1=O. The summed E-state index contributed by atoms with van der Waals surface area (Å²) in [5.74, 6) is 0.346. The normalized spacial score (nSPS) is 23.6. The molecule has 2 N–H and O–H groups in total. The summed E-state index contributed by atoms with van der Waals surface area (Å²) < 4.78 is 1.53. The first-order chi connectivity index (χ1) is 8.81. The third kappa shape index (κ3) is 1.71. The number of rotatable bonds is 2. The van der Waals surface area contributed by atoms with Crippen molar-refractivity contribution in [1.29, 1.82) is 0 Å². The number of nitrogens with zero attached hydrogens (tertiary/aromatic N) is 3. The fourth-order valence-corrected chi connectivity index (χ4v) is 2.83. The first-order valence-corrected chi connectivity index (χ1v) is 6.35. The smallest absolute Gasteiger partial charge is 0.277 e. The van der Waals surface area contributed by atoms with E-state index in [9.17, 15) is 4.79 Å². The lowest BCUT2D eigenvalue weighted by Gasteiger charge is -2.18. The number of fused-ring (bicyclic) bond motifs is 1. The van der Waals surface area contributed by atoms with E-state index in [0.717, 1.165) is 19.3 Å². The van der Waals surface area contributed by atoms with Gasteiger partial charge in [-0.2, -0.15) is 0 Å². The highest BCUT2D eigenvalue weighted by atomic mass is 16.1. The van der Waals surface area contributed by atoms with Gasteiger partial charge >= 0.3 is 0 Å². The topological polar surface area (TPSA) is 73.8 Å². The van der Waals surface area contributed by atoms with Crippen LogP contribution in [0.1, 0.15) is 25.3 Å². The quantitative estimate of drug-likeness (QED) is 0.858. The van der Waals surface area contributed by atoms with Crippen molar-refractivity contribution in [1.82, 2.24) is 15.0 Å². The molecular weight excluding hydrogens is 228 g/mol. The van der Waals surface area contributed by atoms with Crippen molar-refractivity contribution in [3.05, 3.63) is 34.6 Å². The number of aromatic nitrogens is 3.